The van der Waals surface area contributed by atoms with Crippen LogP contribution in [0.15, 0.2) is 24.5 Å². The minimum Gasteiger partial charge on any atom is -0.394 e. The fraction of sp³-hybridized carbons (Fsp3) is 0.545. The number of aromatic nitrogens is 1. The summed E-state index contributed by atoms with van der Waals surface area (Å²) < 4.78 is 0. The molecule has 0 aliphatic carbocycles. The highest BCUT2D eigenvalue weighted by molar-refractivity contribution is 5.09. The SMILES string of the molecule is CN(Cc1ccncc1)C(C)(C)CO. The molecular formula is C11H18N2O. The predicted octanol–water partition coefficient (Wildman–Crippen LogP) is 1.28. The monoisotopic (exact) mass is 194 g/mol. The molecule has 0 radical (unpaired) electrons. The third-order valence-corrected chi connectivity index (χ3v) is 2.59. The van der Waals surface area contributed by atoms with Crippen LogP contribution in [0.2, 0.25) is 0 Å². The van der Waals surface area contributed by atoms with Crippen LogP contribution in [-0.2, 0) is 6.54 Å². The predicted molar refractivity (Wildman–Crippen MR) is 56.9 cm³/mol. The van der Waals surface area contributed by atoms with Crippen molar-refractivity contribution in [3.63, 3.8) is 0 Å². The molecule has 1 aromatic rings. The zero-order chi connectivity index (χ0) is 10.6. The zero-order valence-corrected chi connectivity index (χ0v) is 9.07. The van der Waals surface area contributed by atoms with E-state index < -0.39 is 0 Å². The average Bonchev–Trinajstić information content (AvgIpc) is 2.19. The van der Waals surface area contributed by atoms with Gasteiger partial charge in [0.2, 0.25) is 0 Å². The molecule has 0 saturated heterocycles. The van der Waals surface area contributed by atoms with Gasteiger partial charge in [-0.3, -0.25) is 9.88 Å². The first-order chi connectivity index (χ1) is 6.56. The van der Waals surface area contributed by atoms with Gasteiger partial charge < -0.3 is 5.11 Å². The van der Waals surface area contributed by atoms with E-state index in [1.54, 1.807) is 12.4 Å². The van der Waals surface area contributed by atoms with Crippen LogP contribution in [0.1, 0.15) is 19.4 Å². The molecule has 0 aromatic carbocycles. The highest BCUT2D eigenvalue weighted by atomic mass is 16.3. The fourth-order valence-corrected chi connectivity index (χ4v) is 1.10. The van der Waals surface area contributed by atoms with Gasteiger partial charge in [0.1, 0.15) is 0 Å². The minimum absolute atomic E-state index is 0.161. The van der Waals surface area contributed by atoms with Crippen LogP contribution in [-0.4, -0.2) is 34.2 Å². The van der Waals surface area contributed by atoms with Gasteiger partial charge in [0, 0.05) is 24.5 Å². The molecule has 0 fully saturated rings. The Hall–Kier alpha value is -0.930. The highest BCUT2D eigenvalue weighted by Crippen LogP contribution is 2.14. The van der Waals surface area contributed by atoms with Crippen molar-refractivity contribution in [3.8, 4) is 0 Å². The first kappa shape index (κ1) is 11.1. The molecule has 0 unspecified atom stereocenters. The van der Waals surface area contributed by atoms with Crippen molar-refractivity contribution >= 4 is 0 Å². The van der Waals surface area contributed by atoms with E-state index in [1.807, 2.05) is 33.0 Å². The van der Waals surface area contributed by atoms with Gasteiger partial charge in [-0.15, -0.1) is 0 Å². The lowest BCUT2D eigenvalue weighted by Crippen LogP contribution is -2.43. The maximum atomic E-state index is 9.19. The molecule has 0 atom stereocenters. The summed E-state index contributed by atoms with van der Waals surface area (Å²) in [7, 11) is 2.01. The molecule has 0 bridgehead atoms. The second-order valence-corrected chi connectivity index (χ2v) is 4.18. The lowest BCUT2D eigenvalue weighted by molar-refractivity contribution is 0.0734. The number of pyridine rings is 1. The van der Waals surface area contributed by atoms with E-state index in [0.29, 0.717) is 0 Å². The average molecular weight is 194 g/mol. The Bertz CT molecular complexity index is 272. The van der Waals surface area contributed by atoms with Crippen LogP contribution in [0.5, 0.6) is 0 Å². The molecule has 0 aliphatic heterocycles. The van der Waals surface area contributed by atoms with Crippen molar-refractivity contribution in [2.75, 3.05) is 13.7 Å². The molecule has 78 valence electrons. The minimum atomic E-state index is -0.177. The maximum Gasteiger partial charge on any atom is 0.0610 e. The Morgan fingerprint density at radius 1 is 1.36 bits per heavy atom. The Morgan fingerprint density at radius 2 is 1.93 bits per heavy atom. The van der Waals surface area contributed by atoms with Gasteiger partial charge in [-0.1, -0.05) is 0 Å². The van der Waals surface area contributed by atoms with Crippen molar-refractivity contribution in [1.29, 1.82) is 0 Å². The quantitative estimate of drug-likeness (QED) is 0.784. The summed E-state index contributed by atoms with van der Waals surface area (Å²) in [5.74, 6) is 0. The number of nitrogens with zero attached hydrogens (tertiary/aromatic N) is 2. The topological polar surface area (TPSA) is 36.4 Å². The summed E-state index contributed by atoms with van der Waals surface area (Å²) >= 11 is 0. The Balaban J connectivity index is 2.62. The highest BCUT2D eigenvalue weighted by Gasteiger charge is 2.21. The Kier molecular flexibility index (Phi) is 3.61. The van der Waals surface area contributed by atoms with E-state index in [-0.39, 0.29) is 12.1 Å². The van der Waals surface area contributed by atoms with Crippen LogP contribution in [0.4, 0.5) is 0 Å². The molecular weight excluding hydrogens is 176 g/mol. The standard InChI is InChI=1S/C11H18N2O/c1-11(2,9-14)13(3)8-10-4-6-12-7-5-10/h4-7,14H,8-9H2,1-3H3. The zero-order valence-electron chi connectivity index (χ0n) is 9.07. The largest absolute Gasteiger partial charge is 0.394 e. The van der Waals surface area contributed by atoms with Crippen molar-refractivity contribution in [3.05, 3.63) is 30.1 Å². The lowest BCUT2D eigenvalue weighted by atomic mass is 10.0. The molecule has 0 saturated carbocycles. The summed E-state index contributed by atoms with van der Waals surface area (Å²) in [6, 6.07) is 3.98. The number of likely N-dealkylation sites (N-methyl/N-ethyl adjacent to an activating group) is 1. The van der Waals surface area contributed by atoms with E-state index >= 15 is 0 Å². The van der Waals surface area contributed by atoms with E-state index in [0.717, 1.165) is 6.54 Å². The van der Waals surface area contributed by atoms with Crippen molar-refractivity contribution in [1.82, 2.24) is 9.88 Å². The van der Waals surface area contributed by atoms with Crippen LogP contribution < -0.4 is 0 Å². The van der Waals surface area contributed by atoms with Gasteiger partial charge in [0.25, 0.3) is 0 Å². The van der Waals surface area contributed by atoms with Crippen LogP contribution >= 0.6 is 0 Å². The van der Waals surface area contributed by atoms with E-state index in [9.17, 15) is 5.11 Å². The van der Waals surface area contributed by atoms with E-state index in [1.165, 1.54) is 5.56 Å². The van der Waals surface area contributed by atoms with Gasteiger partial charge in [-0.05, 0) is 38.6 Å². The molecule has 0 amide bonds. The normalized spacial score (nSPS) is 12.1. The molecule has 3 nitrogen and oxygen atoms in total. The summed E-state index contributed by atoms with van der Waals surface area (Å²) in [5.41, 5.74) is 1.03. The number of rotatable bonds is 4. The lowest BCUT2D eigenvalue weighted by Gasteiger charge is -2.33. The number of hydrogen-bond donors (Lipinski definition) is 1. The Labute approximate surface area is 85.4 Å². The van der Waals surface area contributed by atoms with E-state index in [2.05, 4.69) is 9.88 Å². The molecule has 1 aromatic heterocycles. The summed E-state index contributed by atoms with van der Waals surface area (Å²) in [4.78, 5) is 6.09. The summed E-state index contributed by atoms with van der Waals surface area (Å²) in [5, 5.41) is 9.19. The van der Waals surface area contributed by atoms with Crippen molar-refractivity contribution in [2.24, 2.45) is 0 Å². The smallest absolute Gasteiger partial charge is 0.0610 e. The Morgan fingerprint density at radius 3 is 2.43 bits per heavy atom. The van der Waals surface area contributed by atoms with E-state index in [4.69, 9.17) is 0 Å². The molecule has 1 N–H and O–H groups in total. The van der Waals surface area contributed by atoms with Gasteiger partial charge >= 0.3 is 0 Å². The first-order valence-electron chi connectivity index (χ1n) is 4.77. The number of aliphatic hydroxyl groups excluding tert-OH is 1. The van der Waals surface area contributed by atoms with Gasteiger partial charge in [-0.2, -0.15) is 0 Å². The van der Waals surface area contributed by atoms with Crippen LogP contribution in [0, 0.1) is 0 Å². The maximum absolute atomic E-state index is 9.19. The molecule has 14 heavy (non-hydrogen) atoms. The van der Waals surface area contributed by atoms with Crippen LogP contribution in [0.3, 0.4) is 0 Å². The third-order valence-electron chi connectivity index (χ3n) is 2.59. The third kappa shape index (κ3) is 2.79. The van der Waals surface area contributed by atoms with Crippen molar-refractivity contribution < 1.29 is 5.11 Å². The molecule has 0 spiro atoms. The first-order valence-corrected chi connectivity index (χ1v) is 4.77. The molecule has 1 heterocycles. The van der Waals surface area contributed by atoms with Crippen molar-refractivity contribution in [2.45, 2.75) is 25.9 Å². The van der Waals surface area contributed by atoms with Crippen LogP contribution in [0.25, 0.3) is 0 Å². The second kappa shape index (κ2) is 4.53. The fourth-order valence-electron chi connectivity index (χ4n) is 1.10. The molecule has 1 rings (SSSR count). The second-order valence-electron chi connectivity index (χ2n) is 4.18. The number of hydrogen-bond acceptors (Lipinski definition) is 3. The summed E-state index contributed by atoms with van der Waals surface area (Å²) in [6.45, 7) is 5.03. The van der Waals surface area contributed by atoms with Gasteiger partial charge in [0.15, 0.2) is 0 Å². The number of aliphatic hydroxyl groups is 1. The van der Waals surface area contributed by atoms with Gasteiger partial charge in [0.05, 0.1) is 6.61 Å². The molecule has 3 heteroatoms. The molecule has 0 aliphatic rings. The van der Waals surface area contributed by atoms with Gasteiger partial charge in [-0.25, -0.2) is 0 Å². The summed E-state index contributed by atoms with van der Waals surface area (Å²) in [6.07, 6.45) is 3.57.